The van der Waals surface area contributed by atoms with Crippen molar-refractivity contribution in [2.24, 2.45) is 0 Å². The zero-order valence-electron chi connectivity index (χ0n) is 19.3. The van der Waals surface area contributed by atoms with Crippen LogP contribution in [0.4, 0.5) is 0 Å². The van der Waals surface area contributed by atoms with Gasteiger partial charge in [-0.2, -0.15) is 0 Å². The highest BCUT2D eigenvalue weighted by Gasteiger charge is 2.30. The lowest BCUT2D eigenvalue weighted by atomic mass is 9.99. The first-order valence-electron chi connectivity index (χ1n) is 11.2. The van der Waals surface area contributed by atoms with Crippen molar-refractivity contribution in [3.63, 3.8) is 0 Å². The number of methoxy groups -OCH3 is 2. The molecule has 34 heavy (non-hydrogen) atoms. The van der Waals surface area contributed by atoms with E-state index in [1.807, 2.05) is 6.92 Å². The zero-order chi connectivity index (χ0) is 24.4. The first-order valence-corrected chi connectivity index (χ1v) is 12.4. The molecule has 1 aliphatic carbocycles. The number of fused-ring (bicyclic) bond motifs is 1. The molecule has 3 aromatic rings. The summed E-state index contributed by atoms with van der Waals surface area (Å²) in [5, 5.41) is 22.0. The second-order valence-electron chi connectivity index (χ2n) is 8.49. The van der Waals surface area contributed by atoms with Gasteiger partial charge in [-0.05, 0) is 49.6 Å². The highest BCUT2D eigenvalue weighted by atomic mass is 35.5. The first kappa shape index (κ1) is 24.7. The van der Waals surface area contributed by atoms with Crippen LogP contribution in [0.15, 0.2) is 24.3 Å². The van der Waals surface area contributed by atoms with Gasteiger partial charge in [0, 0.05) is 17.0 Å². The molecular weight excluding hydrogens is 478 g/mol. The Hall–Kier alpha value is -2.39. The van der Waals surface area contributed by atoms with E-state index in [1.54, 1.807) is 32.4 Å². The lowest BCUT2D eigenvalue weighted by Crippen LogP contribution is -2.29. The number of nitrogens with zero attached hydrogens (tertiary/aromatic N) is 1. The van der Waals surface area contributed by atoms with Gasteiger partial charge in [-0.1, -0.05) is 24.4 Å². The van der Waals surface area contributed by atoms with E-state index in [4.69, 9.17) is 25.8 Å². The minimum absolute atomic E-state index is 0.0619. The summed E-state index contributed by atoms with van der Waals surface area (Å²) in [5.41, 5.74) is 1.92. The van der Waals surface area contributed by atoms with Crippen LogP contribution in [0, 0.1) is 6.92 Å². The van der Waals surface area contributed by atoms with E-state index < -0.39 is 18.2 Å². The van der Waals surface area contributed by atoms with E-state index in [-0.39, 0.29) is 11.7 Å². The van der Waals surface area contributed by atoms with Gasteiger partial charge in [-0.3, -0.25) is 0 Å². The summed E-state index contributed by atoms with van der Waals surface area (Å²) < 4.78 is 18.1. The largest absolute Gasteiger partial charge is 0.496 e. The van der Waals surface area contributed by atoms with Crippen LogP contribution in [0.25, 0.3) is 10.2 Å². The number of carbonyl (C=O) groups is 1. The lowest BCUT2D eigenvalue weighted by molar-refractivity contribution is -0.0753. The average Bonchev–Trinajstić information content (AvgIpc) is 3.47. The molecule has 0 spiro atoms. The number of aliphatic hydroxyl groups is 1. The van der Waals surface area contributed by atoms with Crippen LogP contribution in [0.5, 0.6) is 11.5 Å². The molecule has 0 amide bonds. The van der Waals surface area contributed by atoms with E-state index >= 15 is 0 Å². The standard InChI is InChI=1S/C25H28ClNO6S/c1-13-18(31-2)8-14(9-19(13)32-3)24(28)20(33-16-6-4-5-7-16)12-22-27-23-17(25(29)30)10-15(26)11-21(23)34-22/h8-11,16,20,24,28H,4-7,12H2,1-3H3,(H,29,30)/t20-,24+/m0/s1. The predicted molar refractivity (Wildman–Crippen MR) is 132 cm³/mol. The molecule has 2 atom stereocenters. The number of carboxylic acids is 1. The fourth-order valence-corrected chi connectivity index (χ4v) is 5.82. The Kier molecular flexibility index (Phi) is 7.62. The minimum Gasteiger partial charge on any atom is -0.496 e. The second-order valence-corrected chi connectivity index (χ2v) is 10.0. The summed E-state index contributed by atoms with van der Waals surface area (Å²) >= 11 is 7.48. The number of hydrogen-bond donors (Lipinski definition) is 2. The maximum absolute atomic E-state index is 11.7. The fourth-order valence-electron chi connectivity index (χ4n) is 4.46. The number of benzene rings is 2. The summed E-state index contributed by atoms with van der Waals surface area (Å²) in [6.07, 6.45) is 2.94. The number of aliphatic hydroxyl groups excluding tert-OH is 1. The van der Waals surface area contributed by atoms with Crippen molar-refractivity contribution in [1.29, 1.82) is 0 Å². The topological polar surface area (TPSA) is 98.1 Å². The van der Waals surface area contributed by atoms with Crippen molar-refractivity contribution in [2.45, 2.75) is 57.3 Å². The molecule has 0 radical (unpaired) electrons. The summed E-state index contributed by atoms with van der Waals surface area (Å²) in [4.78, 5) is 16.3. The van der Waals surface area contributed by atoms with Crippen molar-refractivity contribution in [2.75, 3.05) is 14.2 Å². The van der Waals surface area contributed by atoms with Gasteiger partial charge in [-0.25, -0.2) is 9.78 Å². The number of aromatic carboxylic acids is 1. The van der Waals surface area contributed by atoms with Crippen LogP contribution in [0.3, 0.4) is 0 Å². The quantitative estimate of drug-likeness (QED) is 0.392. The van der Waals surface area contributed by atoms with E-state index in [2.05, 4.69) is 4.98 Å². The Balaban J connectivity index is 1.69. The van der Waals surface area contributed by atoms with E-state index in [1.165, 1.54) is 17.4 Å². The summed E-state index contributed by atoms with van der Waals surface area (Å²) in [7, 11) is 3.16. The smallest absolute Gasteiger partial charge is 0.338 e. The summed E-state index contributed by atoms with van der Waals surface area (Å²) in [6.45, 7) is 1.90. The summed E-state index contributed by atoms with van der Waals surface area (Å²) in [5.74, 6) is 0.157. The van der Waals surface area contributed by atoms with Crippen LogP contribution in [0.1, 0.15) is 58.3 Å². The van der Waals surface area contributed by atoms with Gasteiger partial charge in [0.05, 0.1) is 47.2 Å². The van der Waals surface area contributed by atoms with Crippen LogP contribution in [0.2, 0.25) is 5.02 Å². The second kappa shape index (κ2) is 10.5. The Bertz CT molecular complexity index is 1160. The Morgan fingerprint density at radius 2 is 1.82 bits per heavy atom. The van der Waals surface area contributed by atoms with Gasteiger partial charge in [0.1, 0.15) is 17.6 Å². The molecule has 0 saturated heterocycles. The zero-order valence-corrected chi connectivity index (χ0v) is 20.9. The fraction of sp³-hybridized carbons (Fsp3) is 0.440. The molecule has 7 nitrogen and oxygen atoms in total. The lowest BCUT2D eigenvalue weighted by Gasteiger charge is -2.27. The average molecular weight is 506 g/mol. The number of thiazole rings is 1. The molecule has 0 aliphatic heterocycles. The minimum atomic E-state index is -1.08. The molecule has 0 bridgehead atoms. The summed E-state index contributed by atoms with van der Waals surface area (Å²) in [6, 6.07) is 6.72. The molecule has 0 unspecified atom stereocenters. The molecule has 1 aromatic heterocycles. The Morgan fingerprint density at radius 1 is 1.18 bits per heavy atom. The van der Waals surface area contributed by atoms with Gasteiger partial charge < -0.3 is 24.4 Å². The third-order valence-electron chi connectivity index (χ3n) is 6.25. The van der Waals surface area contributed by atoms with E-state index in [9.17, 15) is 15.0 Å². The third kappa shape index (κ3) is 5.15. The van der Waals surface area contributed by atoms with Gasteiger partial charge in [0.2, 0.25) is 0 Å². The number of carboxylic acid groups (broad SMARTS) is 1. The molecule has 182 valence electrons. The monoisotopic (exact) mass is 505 g/mol. The molecule has 1 saturated carbocycles. The molecule has 2 aromatic carbocycles. The normalized spacial score (nSPS) is 16.0. The third-order valence-corrected chi connectivity index (χ3v) is 7.49. The first-order chi connectivity index (χ1) is 16.3. The van der Waals surface area contributed by atoms with Gasteiger partial charge >= 0.3 is 5.97 Å². The number of ether oxygens (including phenoxy) is 3. The van der Waals surface area contributed by atoms with Crippen molar-refractivity contribution in [3.8, 4) is 11.5 Å². The van der Waals surface area contributed by atoms with Crippen molar-refractivity contribution in [3.05, 3.63) is 51.0 Å². The Morgan fingerprint density at radius 3 is 2.41 bits per heavy atom. The van der Waals surface area contributed by atoms with Gasteiger partial charge in [0.15, 0.2) is 0 Å². The van der Waals surface area contributed by atoms with Crippen LogP contribution >= 0.6 is 22.9 Å². The van der Waals surface area contributed by atoms with Crippen LogP contribution in [-0.2, 0) is 11.2 Å². The molecule has 1 aliphatic rings. The molecular formula is C25H28ClNO6S. The van der Waals surface area contributed by atoms with Crippen molar-refractivity contribution < 1.29 is 29.2 Å². The van der Waals surface area contributed by atoms with Crippen molar-refractivity contribution >= 4 is 39.1 Å². The molecule has 2 N–H and O–H groups in total. The molecule has 4 rings (SSSR count). The highest BCUT2D eigenvalue weighted by Crippen LogP contribution is 2.37. The number of aromatic nitrogens is 1. The van der Waals surface area contributed by atoms with Crippen LogP contribution < -0.4 is 9.47 Å². The van der Waals surface area contributed by atoms with Crippen LogP contribution in [-0.4, -0.2) is 47.6 Å². The molecule has 9 heteroatoms. The number of hydrogen-bond acceptors (Lipinski definition) is 7. The van der Waals surface area contributed by atoms with E-state index in [0.29, 0.717) is 43.7 Å². The number of rotatable bonds is 9. The van der Waals surface area contributed by atoms with Crippen molar-refractivity contribution in [1.82, 2.24) is 4.98 Å². The van der Waals surface area contributed by atoms with E-state index in [0.717, 1.165) is 31.2 Å². The van der Waals surface area contributed by atoms with Gasteiger partial charge in [0.25, 0.3) is 0 Å². The molecule has 1 fully saturated rings. The SMILES string of the molecule is COc1cc([C@@H](O)[C@H](Cc2nc3c(C(=O)O)cc(Cl)cc3s2)OC2CCCC2)cc(OC)c1C. The van der Waals surface area contributed by atoms with Gasteiger partial charge in [-0.15, -0.1) is 11.3 Å². The number of halogens is 1. The molecule has 1 heterocycles. The maximum atomic E-state index is 11.7. The highest BCUT2D eigenvalue weighted by molar-refractivity contribution is 7.18. The predicted octanol–water partition coefficient (Wildman–Crippen LogP) is 5.58. The Labute approximate surface area is 207 Å². The maximum Gasteiger partial charge on any atom is 0.338 e.